The fourth-order valence-corrected chi connectivity index (χ4v) is 2.05. The van der Waals surface area contributed by atoms with Gasteiger partial charge < -0.3 is 14.8 Å². The van der Waals surface area contributed by atoms with Gasteiger partial charge in [0.1, 0.15) is 0 Å². The summed E-state index contributed by atoms with van der Waals surface area (Å²) in [4.78, 5) is 6.45. The fourth-order valence-electron chi connectivity index (χ4n) is 2.05. The van der Waals surface area contributed by atoms with E-state index in [1.54, 1.807) is 0 Å². The molecule has 1 aromatic heterocycles. The molecule has 2 heterocycles. The largest absolute Gasteiger partial charge is 0.332 e. The van der Waals surface area contributed by atoms with Gasteiger partial charge in [-0.3, -0.25) is 0 Å². The third-order valence-corrected chi connectivity index (χ3v) is 2.95. The second-order valence-electron chi connectivity index (χ2n) is 4.46. The van der Waals surface area contributed by atoms with Crippen molar-refractivity contribution >= 4 is 0 Å². The van der Waals surface area contributed by atoms with Gasteiger partial charge in [0.05, 0.1) is 12.0 Å². The average molecular weight is 208 g/mol. The molecule has 0 saturated carbocycles. The third kappa shape index (κ3) is 2.58. The van der Waals surface area contributed by atoms with E-state index in [4.69, 9.17) is 0 Å². The highest BCUT2D eigenvalue weighted by Gasteiger charge is 2.19. The van der Waals surface area contributed by atoms with Crippen LogP contribution in [0.1, 0.15) is 24.6 Å². The number of imidazole rings is 1. The molecule has 1 unspecified atom stereocenters. The van der Waals surface area contributed by atoms with Gasteiger partial charge in [-0.15, -0.1) is 0 Å². The molecule has 0 radical (unpaired) electrons. The van der Waals surface area contributed by atoms with E-state index in [0.717, 1.165) is 19.6 Å². The van der Waals surface area contributed by atoms with Crippen molar-refractivity contribution in [2.45, 2.75) is 25.4 Å². The quantitative estimate of drug-likeness (QED) is 0.797. The Morgan fingerprint density at radius 2 is 2.47 bits per heavy atom. The summed E-state index contributed by atoms with van der Waals surface area (Å²) < 4.78 is 2.27. The van der Waals surface area contributed by atoms with E-state index in [1.807, 2.05) is 12.5 Å². The molecule has 0 aliphatic carbocycles. The van der Waals surface area contributed by atoms with Gasteiger partial charge in [-0.05, 0) is 33.5 Å². The van der Waals surface area contributed by atoms with E-state index in [9.17, 15) is 0 Å². The first-order valence-corrected chi connectivity index (χ1v) is 5.65. The van der Waals surface area contributed by atoms with Crippen molar-refractivity contribution in [3.63, 3.8) is 0 Å². The number of hydrogen-bond donors (Lipinski definition) is 1. The molecule has 0 amide bonds. The number of hydrogen-bond acceptors (Lipinski definition) is 3. The topological polar surface area (TPSA) is 33.1 Å². The van der Waals surface area contributed by atoms with E-state index in [1.165, 1.54) is 18.5 Å². The summed E-state index contributed by atoms with van der Waals surface area (Å²) in [7, 11) is 4.20. The van der Waals surface area contributed by atoms with Crippen molar-refractivity contribution in [1.29, 1.82) is 0 Å². The molecule has 84 valence electrons. The molecule has 1 aromatic rings. The summed E-state index contributed by atoms with van der Waals surface area (Å²) in [5.74, 6) is 0. The minimum Gasteiger partial charge on any atom is -0.332 e. The highest BCUT2D eigenvalue weighted by atomic mass is 15.1. The van der Waals surface area contributed by atoms with Crippen LogP contribution >= 0.6 is 0 Å². The number of rotatable bonds is 4. The normalized spacial score (nSPS) is 21.4. The van der Waals surface area contributed by atoms with E-state index in [-0.39, 0.29) is 0 Å². The maximum absolute atomic E-state index is 4.25. The molecule has 1 N–H and O–H groups in total. The van der Waals surface area contributed by atoms with Crippen LogP contribution < -0.4 is 5.32 Å². The second kappa shape index (κ2) is 4.77. The molecule has 0 spiro atoms. The van der Waals surface area contributed by atoms with Gasteiger partial charge in [0.2, 0.25) is 0 Å². The van der Waals surface area contributed by atoms with Crippen molar-refractivity contribution < 1.29 is 0 Å². The molecule has 0 bridgehead atoms. The Balaban J connectivity index is 2.01. The van der Waals surface area contributed by atoms with Crippen molar-refractivity contribution in [2.24, 2.45) is 0 Å². The summed E-state index contributed by atoms with van der Waals surface area (Å²) in [6.45, 7) is 3.24. The SMILES string of the molecule is CN(C)CCn1cncc1C1CCCN1. The van der Waals surface area contributed by atoms with E-state index in [2.05, 4.69) is 33.9 Å². The van der Waals surface area contributed by atoms with Crippen LogP contribution in [-0.2, 0) is 6.54 Å². The van der Waals surface area contributed by atoms with Crippen LogP contribution in [0.3, 0.4) is 0 Å². The molecule has 0 aromatic carbocycles. The van der Waals surface area contributed by atoms with Gasteiger partial charge in [0, 0.05) is 25.3 Å². The minimum atomic E-state index is 0.523. The summed E-state index contributed by atoms with van der Waals surface area (Å²) in [5.41, 5.74) is 1.34. The second-order valence-corrected chi connectivity index (χ2v) is 4.46. The molecule has 1 aliphatic heterocycles. The molecule has 4 nitrogen and oxygen atoms in total. The Labute approximate surface area is 91.3 Å². The zero-order chi connectivity index (χ0) is 10.7. The highest BCUT2D eigenvalue weighted by molar-refractivity contribution is 5.07. The molecule has 15 heavy (non-hydrogen) atoms. The van der Waals surface area contributed by atoms with Gasteiger partial charge in [0.15, 0.2) is 0 Å². The Hall–Kier alpha value is -0.870. The van der Waals surface area contributed by atoms with Gasteiger partial charge >= 0.3 is 0 Å². The molecular formula is C11H20N4. The van der Waals surface area contributed by atoms with Gasteiger partial charge in [-0.25, -0.2) is 4.98 Å². The van der Waals surface area contributed by atoms with Crippen LogP contribution in [-0.4, -0.2) is 41.6 Å². The van der Waals surface area contributed by atoms with Gasteiger partial charge in [-0.2, -0.15) is 0 Å². The Kier molecular flexibility index (Phi) is 3.38. The predicted octanol–water partition coefficient (Wildman–Crippen LogP) is 0.869. The lowest BCUT2D eigenvalue weighted by Gasteiger charge is -2.16. The van der Waals surface area contributed by atoms with Gasteiger partial charge in [0.25, 0.3) is 0 Å². The summed E-state index contributed by atoms with van der Waals surface area (Å²) in [6.07, 6.45) is 6.47. The van der Waals surface area contributed by atoms with Crippen LogP contribution in [0.25, 0.3) is 0 Å². The van der Waals surface area contributed by atoms with Gasteiger partial charge in [-0.1, -0.05) is 0 Å². The highest BCUT2D eigenvalue weighted by Crippen LogP contribution is 2.22. The van der Waals surface area contributed by atoms with E-state index >= 15 is 0 Å². The number of nitrogens with one attached hydrogen (secondary N) is 1. The minimum absolute atomic E-state index is 0.523. The lowest BCUT2D eigenvalue weighted by molar-refractivity contribution is 0.377. The molecule has 1 saturated heterocycles. The van der Waals surface area contributed by atoms with Crippen molar-refractivity contribution in [3.8, 4) is 0 Å². The number of aromatic nitrogens is 2. The first-order chi connectivity index (χ1) is 7.27. The first-order valence-electron chi connectivity index (χ1n) is 5.65. The van der Waals surface area contributed by atoms with Crippen LogP contribution in [0.4, 0.5) is 0 Å². The Bertz CT molecular complexity index is 299. The van der Waals surface area contributed by atoms with Crippen molar-refractivity contribution in [3.05, 3.63) is 18.2 Å². The number of nitrogens with zero attached hydrogens (tertiary/aromatic N) is 3. The van der Waals surface area contributed by atoms with Crippen LogP contribution in [0, 0.1) is 0 Å². The third-order valence-electron chi connectivity index (χ3n) is 2.95. The van der Waals surface area contributed by atoms with Crippen molar-refractivity contribution in [1.82, 2.24) is 19.8 Å². The van der Waals surface area contributed by atoms with Crippen molar-refractivity contribution in [2.75, 3.05) is 27.2 Å². The molecule has 4 heteroatoms. The standard InChI is InChI=1S/C11H20N4/c1-14(2)6-7-15-9-12-8-11(15)10-4-3-5-13-10/h8-10,13H,3-7H2,1-2H3. The zero-order valence-corrected chi connectivity index (χ0v) is 9.61. The van der Waals surface area contributed by atoms with Crippen LogP contribution in [0.2, 0.25) is 0 Å². The Morgan fingerprint density at radius 1 is 1.60 bits per heavy atom. The number of likely N-dealkylation sites (N-methyl/N-ethyl adjacent to an activating group) is 1. The summed E-state index contributed by atoms with van der Waals surface area (Å²) in [6, 6.07) is 0.523. The molecule has 2 rings (SSSR count). The average Bonchev–Trinajstić information content (AvgIpc) is 2.85. The lowest BCUT2D eigenvalue weighted by Crippen LogP contribution is -2.22. The van der Waals surface area contributed by atoms with E-state index in [0.29, 0.717) is 6.04 Å². The molecular weight excluding hydrogens is 188 g/mol. The molecule has 1 atom stereocenters. The maximum atomic E-state index is 4.25. The molecule has 1 fully saturated rings. The molecule has 1 aliphatic rings. The predicted molar refractivity (Wildman–Crippen MR) is 60.8 cm³/mol. The summed E-state index contributed by atoms with van der Waals surface area (Å²) >= 11 is 0. The fraction of sp³-hybridized carbons (Fsp3) is 0.727. The first kappa shape index (κ1) is 10.6. The van der Waals surface area contributed by atoms with Crippen LogP contribution in [0.15, 0.2) is 12.5 Å². The maximum Gasteiger partial charge on any atom is 0.0949 e. The van der Waals surface area contributed by atoms with Crippen LogP contribution in [0.5, 0.6) is 0 Å². The monoisotopic (exact) mass is 208 g/mol. The lowest BCUT2D eigenvalue weighted by atomic mass is 10.2. The Morgan fingerprint density at radius 3 is 3.13 bits per heavy atom. The summed E-state index contributed by atoms with van der Waals surface area (Å²) in [5, 5.41) is 3.51. The van der Waals surface area contributed by atoms with E-state index < -0.39 is 0 Å². The smallest absolute Gasteiger partial charge is 0.0949 e. The zero-order valence-electron chi connectivity index (χ0n) is 9.61.